The van der Waals surface area contributed by atoms with Crippen molar-refractivity contribution < 1.29 is 4.74 Å². The molecule has 1 aromatic rings. The lowest BCUT2D eigenvalue weighted by molar-refractivity contribution is 0.350. The molecule has 2 atom stereocenters. The third-order valence-corrected chi connectivity index (χ3v) is 3.68. The van der Waals surface area contributed by atoms with E-state index in [2.05, 4.69) is 65.1 Å². The van der Waals surface area contributed by atoms with Crippen molar-refractivity contribution in [3.8, 4) is 5.75 Å². The summed E-state index contributed by atoms with van der Waals surface area (Å²) in [5, 5.41) is 3.58. The van der Waals surface area contributed by atoms with Crippen LogP contribution in [0.2, 0.25) is 0 Å². The average molecular weight is 263 g/mol. The molecule has 0 aliphatic rings. The molecular weight excluding hydrogens is 234 g/mol. The maximum Gasteiger partial charge on any atom is 0.122 e. The maximum absolute atomic E-state index is 5.50. The molecule has 0 amide bonds. The standard InChI is InChI=1S/C17H29NO/c1-12-8-9-16(19-7)15(10-12)14(3)13(2)11-18-17(4,5)6/h8-10,13-14,18H,11H2,1-7H3. The van der Waals surface area contributed by atoms with Crippen molar-refractivity contribution in [2.24, 2.45) is 5.92 Å². The summed E-state index contributed by atoms with van der Waals surface area (Å²) in [4.78, 5) is 0. The van der Waals surface area contributed by atoms with Gasteiger partial charge in [-0.25, -0.2) is 0 Å². The number of aryl methyl sites for hydroxylation is 1. The number of ether oxygens (including phenoxy) is 1. The van der Waals surface area contributed by atoms with Gasteiger partial charge in [0.15, 0.2) is 0 Å². The number of nitrogens with one attached hydrogen (secondary N) is 1. The number of hydrogen-bond acceptors (Lipinski definition) is 2. The molecule has 19 heavy (non-hydrogen) atoms. The van der Waals surface area contributed by atoms with Crippen LogP contribution >= 0.6 is 0 Å². The first kappa shape index (κ1) is 16.0. The van der Waals surface area contributed by atoms with Crippen molar-refractivity contribution >= 4 is 0 Å². The molecule has 1 N–H and O–H groups in total. The molecule has 0 radical (unpaired) electrons. The highest BCUT2D eigenvalue weighted by Crippen LogP contribution is 2.32. The van der Waals surface area contributed by atoms with Gasteiger partial charge in [-0.15, -0.1) is 0 Å². The Morgan fingerprint density at radius 2 is 1.84 bits per heavy atom. The fourth-order valence-electron chi connectivity index (χ4n) is 2.16. The number of rotatable bonds is 5. The minimum atomic E-state index is 0.171. The third kappa shape index (κ3) is 4.87. The van der Waals surface area contributed by atoms with Crippen LogP contribution in [0, 0.1) is 12.8 Å². The second-order valence-electron chi connectivity index (χ2n) is 6.64. The molecule has 1 rings (SSSR count). The highest BCUT2D eigenvalue weighted by Gasteiger charge is 2.20. The van der Waals surface area contributed by atoms with E-state index in [9.17, 15) is 0 Å². The zero-order valence-electron chi connectivity index (χ0n) is 13.5. The summed E-state index contributed by atoms with van der Waals surface area (Å²) < 4.78 is 5.50. The second kappa shape index (κ2) is 6.42. The van der Waals surface area contributed by atoms with Crippen molar-refractivity contribution in [2.45, 2.75) is 53.0 Å². The molecule has 108 valence electrons. The molecule has 0 aliphatic carbocycles. The van der Waals surface area contributed by atoms with Crippen molar-refractivity contribution in [1.82, 2.24) is 5.32 Å². The Morgan fingerprint density at radius 1 is 1.21 bits per heavy atom. The van der Waals surface area contributed by atoms with Crippen molar-refractivity contribution in [2.75, 3.05) is 13.7 Å². The van der Waals surface area contributed by atoms with E-state index in [-0.39, 0.29) is 5.54 Å². The van der Waals surface area contributed by atoms with E-state index in [1.54, 1.807) is 7.11 Å². The largest absolute Gasteiger partial charge is 0.496 e. The Balaban J connectivity index is 2.81. The minimum absolute atomic E-state index is 0.171. The van der Waals surface area contributed by atoms with E-state index < -0.39 is 0 Å². The zero-order chi connectivity index (χ0) is 14.6. The van der Waals surface area contributed by atoms with Gasteiger partial charge in [0.25, 0.3) is 0 Å². The summed E-state index contributed by atoms with van der Waals surface area (Å²) >= 11 is 0. The Labute approximate surface area is 118 Å². The van der Waals surface area contributed by atoms with E-state index in [4.69, 9.17) is 4.74 Å². The van der Waals surface area contributed by atoms with Gasteiger partial charge in [-0.05, 0) is 57.7 Å². The van der Waals surface area contributed by atoms with E-state index in [1.807, 2.05) is 0 Å². The highest BCUT2D eigenvalue weighted by molar-refractivity contribution is 5.39. The molecule has 2 unspecified atom stereocenters. The van der Waals surface area contributed by atoms with Crippen molar-refractivity contribution in [3.63, 3.8) is 0 Å². The summed E-state index contributed by atoms with van der Waals surface area (Å²) in [6.45, 7) is 14.3. The summed E-state index contributed by atoms with van der Waals surface area (Å²) in [5.74, 6) is 2.04. The Hall–Kier alpha value is -1.02. The monoisotopic (exact) mass is 263 g/mol. The Bertz CT molecular complexity index is 406. The summed E-state index contributed by atoms with van der Waals surface area (Å²) in [7, 11) is 1.75. The van der Waals surface area contributed by atoms with Crippen molar-refractivity contribution in [1.29, 1.82) is 0 Å². The smallest absolute Gasteiger partial charge is 0.122 e. The van der Waals surface area contributed by atoms with Crippen LogP contribution in [0.1, 0.15) is 51.7 Å². The Kier molecular flexibility index (Phi) is 5.42. The molecule has 0 bridgehead atoms. The predicted octanol–water partition coefficient (Wildman–Crippen LogP) is 4.13. The number of benzene rings is 1. The molecule has 0 aliphatic heterocycles. The molecular formula is C17H29NO. The summed E-state index contributed by atoms with van der Waals surface area (Å²) in [6.07, 6.45) is 0. The van der Waals surface area contributed by atoms with Crippen LogP contribution in [0.4, 0.5) is 0 Å². The number of methoxy groups -OCH3 is 1. The van der Waals surface area contributed by atoms with Gasteiger partial charge < -0.3 is 10.1 Å². The fraction of sp³-hybridized carbons (Fsp3) is 0.647. The molecule has 1 aromatic carbocycles. The maximum atomic E-state index is 5.50. The lowest BCUT2D eigenvalue weighted by Crippen LogP contribution is -2.39. The van der Waals surface area contributed by atoms with E-state index >= 15 is 0 Å². The van der Waals surface area contributed by atoms with Gasteiger partial charge in [0.1, 0.15) is 5.75 Å². The summed E-state index contributed by atoms with van der Waals surface area (Å²) in [5.41, 5.74) is 2.77. The second-order valence-corrected chi connectivity index (χ2v) is 6.64. The molecule has 0 saturated heterocycles. The van der Waals surface area contributed by atoms with Crippen LogP contribution in [0.25, 0.3) is 0 Å². The minimum Gasteiger partial charge on any atom is -0.496 e. The van der Waals surface area contributed by atoms with Crippen LogP contribution in [-0.4, -0.2) is 19.2 Å². The van der Waals surface area contributed by atoms with Gasteiger partial charge in [-0.1, -0.05) is 31.5 Å². The normalized spacial score (nSPS) is 15.1. The lowest BCUT2D eigenvalue weighted by Gasteiger charge is -2.27. The third-order valence-electron chi connectivity index (χ3n) is 3.68. The van der Waals surface area contributed by atoms with Crippen LogP contribution in [0.5, 0.6) is 5.75 Å². The van der Waals surface area contributed by atoms with E-state index in [0.29, 0.717) is 11.8 Å². The van der Waals surface area contributed by atoms with Crippen molar-refractivity contribution in [3.05, 3.63) is 29.3 Å². The molecule has 0 saturated carbocycles. The first-order valence-electron chi connectivity index (χ1n) is 7.14. The van der Waals surface area contributed by atoms with Gasteiger partial charge in [-0.2, -0.15) is 0 Å². The van der Waals surface area contributed by atoms with E-state index in [1.165, 1.54) is 11.1 Å². The first-order valence-corrected chi connectivity index (χ1v) is 7.14. The van der Waals surface area contributed by atoms with Crippen LogP contribution in [-0.2, 0) is 0 Å². The molecule has 0 heterocycles. The molecule has 0 fully saturated rings. The SMILES string of the molecule is COc1ccc(C)cc1C(C)C(C)CNC(C)(C)C. The highest BCUT2D eigenvalue weighted by atomic mass is 16.5. The summed E-state index contributed by atoms with van der Waals surface area (Å²) in [6, 6.07) is 6.43. The van der Waals surface area contributed by atoms with Gasteiger partial charge in [0, 0.05) is 5.54 Å². The van der Waals surface area contributed by atoms with Gasteiger partial charge in [-0.3, -0.25) is 0 Å². The molecule has 0 spiro atoms. The fourth-order valence-corrected chi connectivity index (χ4v) is 2.16. The number of hydrogen-bond donors (Lipinski definition) is 1. The van der Waals surface area contributed by atoms with Gasteiger partial charge in [0.05, 0.1) is 7.11 Å². The topological polar surface area (TPSA) is 21.3 Å². The first-order chi connectivity index (χ1) is 8.74. The quantitative estimate of drug-likeness (QED) is 0.862. The van der Waals surface area contributed by atoms with Crippen LogP contribution in [0.15, 0.2) is 18.2 Å². The van der Waals surface area contributed by atoms with Gasteiger partial charge >= 0.3 is 0 Å². The average Bonchev–Trinajstić information content (AvgIpc) is 2.34. The molecule has 0 aromatic heterocycles. The van der Waals surface area contributed by atoms with E-state index in [0.717, 1.165) is 12.3 Å². The Morgan fingerprint density at radius 3 is 2.37 bits per heavy atom. The lowest BCUT2D eigenvalue weighted by atomic mass is 9.87. The van der Waals surface area contributed by atoms with Crippen LogP contribution in [0.3, 0.4) is 0 Å². The predicted molar refractivity (Wildman–Crippen MR) is 83.1 cm³/mol. The molecule has 2 nitrogen and oxygen atoms in total. The molecule has 2 heteroatoms. The van der Waals surface area contributed by atoms with Crippen LogP contribution < -0.4 is 10.1 Å². The zero-order valence-corrected chi connectivity index (χ0v) is 13.5. The van der Waals surface area contributed by atoms with Gasteiger partial charge in [0.2, 0.25) is 0 Å².